The van der Waals surface area contributed by atoms with Crippen molar-refractivity contribution in [3.63, 3.8) is 0 Å². The molecule has 82 valence electrons. The van der Waals surface area contributed by atoms with Crippen LogP contribution in [0.2, 0.25) is 0 Å². The number of halogens is 3. The van der Waals surface area contributed by atoms with E-state index >= 15 is 0 Å². The van der Waals surface area contributed by atoms with Gasteiger partial charge in [0.05, 0.1) is 6.61 Å². The number of carbonyl (C=O) groups excluding carboxylic acids is 1. The summed E-state index contributed by atoms with van der Waals surface area (Å²) in [6.45, 7) is 2.34. The van der Waals surface area contributed by atoms with E-state index in [1.54, 1.807) is 0 Å². The molecule has 0 saturated carbocycles. The Morgan fingerprint density at radius 3 is 2.64 bits per heavy atom. The molecule has 1 fully saturated rings. The summed E-state index contributed by atoms with van der Waals surface area (Å²) >= 11 is 16.5. The van der Waals surface area contributed by atoms with Crippen molar-refractivity contribution >= 4 is 40.9 Å². The molecule has 0 spiro atoms. The molecular formula is C7H10Cl3NO3. The Labute approximate surface area is 96.9 Å². The van der Waals surface area contributed by atoms with Crippen LogP contribution in [0, 0.1) is 0 Å². The number of hydrogen-bond acceptors (Lipinski definition) is 3. The zero-order valence-electron chi connectivity index (χ0n) is 7.50. The summed E-state index contributed by atoms with van der Waals surface area (Å²) in [4.78, 5) is 15.9. The van der Waals surface area contributed by atoms with Gasteiger partial charge < -0.3 is 4.74 Å². The molecule has 1 heterocycles. The van der Waals surface area contributed by atoms with Crippen LogP contribution in [0.4, 0.5) is 4.79 Å². The summed E-state index contributed by atoms with van der Waals surface area (Å²) in [7, 11) is 0. The molecular weight excluding hydrogens is 252 g/mol. The van der Waals surface area contributed by atoms with Gasteiger partial charge in [-0.1, -0.05) is 48.1 Å². The molecule has 0 N–H and O–H groups in total. The van der Waals surface area contributed by atoms with Crippen LogP contribution in [-0.4, -0.2) is 27.8 Å². The number of nitrogens with zero attached hydrogens (tertiary/aromatic N) is 1. The molecule has 1 aliphatic heterocycles. The Kier molecular flexibility index (Phi) is 4.13. The van der Waals surface area contributed by atoms with Gasteiger partial charge in [0, 0.05) is 0 Å². The third kappa shape index (κ3) is 3.35. The van der Waals surface area contributed by atoms with E-state index in [1.165, 1.54) is 0 Å². The molecule has 0 aliphatic carbocycles. The smallest absolute Gasteiger partial charge is 0.436 e. The minimum Gasteiger partial charge on any atom is -0.448 e. The van der Waals surface area contributed by atoms with Gasteiger partial charge in [-0.05, 0) is 6.42 Å². The molecule has 1 atom stereocenters. The van der Waals surface area contributed by atoms with E-state index in [-0.39, 0.29) is 0 Å². The fraction of sp³-hybridized carbons (Fsp3) is 0.857. The quantitative estimate of drug-likeness (QED) is 0.446. The molecule has 0 aromatic rings. The lowest BCUT2D eigenvalue weighted by molar-refractivity contribution is 0.0912. The van der Waals surface area contributed by atoms with Crippen molar-refractivity contribution in [3.8, 4) is 0 Å². The largest absolute Gasteiger partial charge is 0.448 e. The Bertz CT molecular complexity index is 219. The molecule has 1 unspecified atom stereocenters. The van der Waals surface area contributed by atoms with Crippen molar-refractivity contribution in [1.29, 1.82) is 0 Å². The Balaban J connectivity index is 2.23. The molecule has 7 heteroatoms. The highest BCUT2D eigenvalue weighted by atomic mass is 35.6. The number of rotatable bonds is 3. The lowest BCUT2D eigenvalue weighted by Gasteiger charge is -2.05. The number of amides is 1. The van der Waals surface area contributed by atoms with E-state index in [4.69, 9.17) is 44.4 Å². The summed E-state index contributed by atoms with van der Waals surface area (Å²) in [5.41, 5.74) is 0. The predicted octanol–water partition coefficient (Wildman–Crippen LogP) is 2.87. The minimum atomic E-state index is -1.62. The molecule has 4 nitrogen and oxygen atoms in total. The molecule has 0 aromatic carbocycles. The summed E-state index contributed by atoms with van der Waals surface area (Å²) in [5.74, 6) is 0. The summed E-state index contributed by atoms with van der Waals surface area (Å²) < 4.78 is 3.20. The second-order valence-electron chi connectivity index (χ2n) is 2.79. The average molecular weight is 263 g/mol. The van der Waals surface area contributed by atoms with Gasteiger partial charge in [0.25, 0.3) is 0 Å². The summed E-state index contributed by atoms with van der Waals surface area (Å²) in [6, 6.07) is 0. The van der Waals surface area contributed by atoms with E-state index in [9.17, 15) is 4.79 Å². The van der Waals surface area contributed by atoms with Crippen molar-refractivity contribution in [2.24, 2.45) is 0 Å². The van der Waals surface area contributed by atoms with Gasteiger partial charge in [0.15, 0.2) is 0 Å². The molecule has 1 aliphatic rings. The van der Waals surface area contributed by atoms with Crippen LogP contribution in [-0.2, 0) is 9.57 Å². The van der Waals surface area contributed by atoms with Crippen molar-refractivity contribution in [3.05, 3.63) is 0 Å². The highest BCUT2D eigenvalue weighted by Crippen LogP contribution is 2.42. The van der Waals surface area contributed by atoms with E-state index in [1.807, 2.05) is 6.92 Å². The first-order valence-corrected chi connectivity index (χ1v) is 5.29. The van der Waals surface area contributed by atoms with Gasteiger partial charge in [0.1, 0.15) is 0 Å². The van der Waals surface area contributed by atoms with Crippen LogP contribution in [0.3, 0.4) is 0 Å². The summed E-state index contributed by atoms with van der Waals surface area (Å²) in [6.07, 6.45) is 0.302. The molecule has 0 bridgehead atoms. The van der Waals surface area contributed by atoms with E-state index in [2.05, 4.69) is 0 Å². The van der Waals surface area contributed by atoms with E-state index in [0.29, 0.717) is 6.61 Å². The maximum Gasteiger partial charge on any atom is 0.436 e. The molecule has 14 heavy (non-hydrogen) atoms. The van der Waals surface area contributed by atoms with Crippen LogP contribution in [0.1, 0.15) is 19.8 Å². The Morgan fingerprint density at radius 2 is 2.21 bits per heavy atom. The molecule has 0 radical (unpaired) electrons. The number of hydroxylamine groups is 2. The van der Waals surface area contributed by atoms with Crippen LogP contribution in [0.25, 0.3) is 0 Å². The van der Waals surface area contributed by atoms with Crippen LogP contribution in [0.15, 0.2) is 0 Å². The van der Waals surface area contributed by atoms with Gasteiger partial charge >= 0.3 is 6.09 Å². The third-order valence-electron chi connectivity index (χ3n) is 1.56. The van der Waals surface area contributed by atoms with E-state index in [0.717, 1.165) is 17.9 Å². The number of hydrogen-bond donors (Lipinski definition) is 0. The fourth-order valence-electron chi connectivity index (χ4n) is 0.779. The zero-order valence-corrected chi connectivity index (χ0v) is 9.77. The molecule has 0 aromatic heterocycles. The monoisotopic (exact) mass is 261 g/mol. The number of carbonyl (C=O) groups is 1. The second-order valence-corrected chi connectivity index (χ2v) is 5.16. The number of ether oxygens (including phenoxy) is 1. The summed E-state index contributed by atoms with van der Waals surface area (Å²) in [5, 5.41) is 0.905. The van der Waals surface area contributed by atoms with Crippen LogP contribution >= 0.6 is 34.8 Å². The lowest BCUT2D eigenvalue weighted by atomic mass is 10.4. The molecule has 1 rings (SSSR count). The van der Waals surface area contributed by atoms with Crippen molar-refractivity contribution in [2.45, 2.75) is 29.8 Å². The number of alkyl halides is 3. The Hall–Kier alpha value is 0.1000. The second kappa shape index (κ2) is 4.75. The fourth-order valence-corrected chi connectivity index (χ4v) is 1.16. The highest BCUT2D eigenvalue weighted by Gasteiger charge is 2.55. The lowest BCUT2D eigenvalue weighted by Crippen LogP contribution is -2.22. The normalized spacial score (nSPS) is 20.9. The van der Waals surface area contributed by atoms with Gasteiger partial charge in [-0.15, -0.1) is 5.06 Å². The van der Waals surface area contributed by atoms with Crippen molar-refractivity contribution in [2.75, 3.05) is 6.61 Å². The number of unbranched alkanes of at least 4 members (excludes halogenated alkanes) is 1. The SMILES string of the molecule is CCCCOC(=O)N1OC1C(Cl)(Cl)Cl. The maximum absolute atomic E-state index is 11.1. The van der Waals surface area contributed by atoms with Crippen LogP contribution in [0.5, 0.6) is 0 Å². The van der Waals surface area contributed by atoms with Crippen LogP contribution < -0.4 is 0 Å². The van der Waals surface area contributed by atoms with E-state index < -0.39 is 16.1 Å². The standard InChI is InChI=1S/C7H10Cl3NO3/c1-2-3-4-13-6(12)11-5(14-11)7(8,9)10/h5H,2-4H2,1H3. The minimum absolute atomic E-state index is 0.349. The van der Waals surface area contributed by atoms with Gasteiger partial charge in [-0.2, -0.15) is 0 Å². The zero-order chi connectivity index (χ0) is 10.8. The van der Waals surface area contributed by atoms with Gasteiger partial charge in [-0.3, -0.25) is 0 Å². The van der Waals surface area contributed by atoms with Gasteiger partial charge in [-0.25, -0.2) is 9.63 Å². The first-order chi connectivity index (χ1) is 6.46. The topological polar surface area (TPSA) is 41.8 Å². The van der Waals surface area contributed by atoms with Crippen molar-refractivity contribution in [1.82, 2.24) is 5.06 Å². The average Bonchev–Trinajstić information content (AvgIpc) is 2.81. The first-order valence-electron chi connectivity index (χ1n) is 4.16. The first kappa shape index (κ1) is 12.2. The predicted molar refractivity (Wildman–Crippen MR) is 53.3 cm³/mol. The molecule has 1 saturated heterocycles. The Morgan fingerprint density at radius 1 is 1.57 bits per heavy atom. The maximum atomic E-state index is 11.1. The third-order valence-corrected chi connectivity index (χ3v) is 2.12. The van der Waals surface area contributed by atoms with Crippen molar-refractivity contribution < 1.29 is 14.4 Å². The van der Waals surface area contributed by atoms with Gasteiger partial charge in [0.2, 0.25) is 10.0 Å². The molecule has 1 amide bonds. The highest BCUT2D eigenvalue weighted by molar-refractivity contribution is 6.68.